The van der Waals surface area contributed by atoms with Gasteiger partial charge in [-0.1, -0.05) is 0 Å². The minimum Gasteiger partial charge on any atom is -0.497 e. The first-order valence-corrected chi connectivity index (χ1v) is 12.1. The lowest BCUT2D eigenvalue weighted by molar-refractivity contribution is -0.274. The molecule has 1 aromatic heterocycles. The summed E-state index contributed by atoms with van der Waals surface area (Å²) in [5, 5.41) is 4.47. The summed E-state index contributed by atoms with van der Waals surface area (Å²) in [5.74, 6) is -0.359. The normalized spacial score (nSPS) is 11.8. The molecule has 0 aliphatic rings. The number of benzene rings is 2. The third-order valence-corrected chi connectivity index (χ3v) is 6.04. The van der Waals surface area contributed by atoms with Crippen LogP contribution in [0.2, 0.25) is 0 Å². The quantitative estimate of drug-likeness (QED) is 0.360. The summed E-state index contributed by atoms with van der Waals surface area (Å²) in [6.07, 6.45) is -4.31. The molecule has 2 amide bonds. The maximum absolute atomic E-state index is 13.1. The minimum atomic E-state index is -4.80. The number of aromatic nitrogens is 1. The van der Waals surface area contributed by atoms with E-state index in [2.05, 4.69) is 15.0 Å². The zero-order valence-corrected chi connectivity index (χ0v) is 21.6. The van der Waals surface area contributed by atoms with Gasteiger partial charge in [0.05, 0.1) is 25.5 Å². The molecule has 13 heteroatoms. The van der Waals surface area contributed by atoms with Gasteiger partial charge < -0.3 is 28.8 Å². The smallest absolute Gasteiger partial charge is 0.497 e. The Kier molecular flexibility index (Phi) is 9.91. The van der Waals surface area contributed by atoms with Gasteiger partial charge in [0.25, 0.3) is 5.91 Å². The molecule has 0 fully saturated rings. The van der Waals surface area contributed by atoms with Gasteiger partial charge in [-0.25, -0.2) is 0 Å². The molecular formula is C25H26F3N3O6S. The molecule has 2 aromatic carbocycles. The first kappa shape index (κ1) is 28.7. The van der Waals surface area contributed by atoms with Crippen LogP contribution in [0.5, 0.6) is 17.2 Å². The predicted octanol–water partition coefficient (Wildman–Crippen LogP) is 4.03. The molecule has 0 aliphatic carbocycles. The lowest BCUT2D eigenvalue weighted by Gasteiger charge is -2.12. The van der Waals surface area contributed by atoms with Crippen molar-refractivity contribution in [2.24, 2.45) is 4.99 Å². The van der Waals surface area contributed by atoms with Gasteiger partial charge in [-0.2, -0.15) is 4.99 Å². The van der Waals surface area contributed by atoms with Crippen molar-refractivity contribution < 1.29 is 41.7 Å². The summed E-state index contributed by atoms with van der Waals surface area (Å²) < 4.78 is 58.6. The van der Waals surface area contributed by atoms with E-state index in [4.69, 9.17) is 14.2 Å². The van der Waals surface area contributed by atoms with Gasteiger partial charge in [-0.15, -0.1) is 24.5 Å². The van der Waals surface area contributed by atoms with E-state index < -0.39 is 12.3 Å². The first-order chi connectivity index (χ1) is 18.1. The van der Waals surface area contributed by atoms with Crippen molar-refractivity contribution >= 4 is 23.2 Å². The van der Waals surface area contributed by atoms with E-state index in [-0.39, 0.29) is 23.8 Å². The predicted molar refractivity (Wildman–Crippen MR) is 133 cm³/mol. The van der Waals surface area contributed by atoms with Crippen LogP contribution in [-0.4, -0.2) is 57.2 Å². The monoisotopic (exact) mass is 553 g/mol. The van der Waals surface area contributed by atoms with Crippen molar-refractivity contribution in [1.29, 1.82) is 0 Å². The van der Waals surface area contributed by atoms with E-state index in [1.165, 1.54) is 56.9 Å². The van der Waals surface area contributed by atoms with E-state index in [9.17, 15) is 22.8 Å². The number of halogens is 3. The molecule has 0 atom stereocenters. The van der Waals surface area contributed by atoms with Crippen LogP contribution < -0.4 is 24.3 Å². The largest absolute Gasteiger partial charge is 0.573 e. The highest BCUT2D eigenvalue weighted by molar-refractivity contribution is 7.07. The number of ether oxygens (including phenoxy) is 4. The number of methoxy groups -OCH3 is 3. The third kappa shape index (κ3) is 7.83. The Hall–Kier alpha value is -3.84. The SMILES string of the molecule is COCC(=O)NCCCn1c(-c2ccc(OC(F)(F)F)cc2)csc1=NC(=O)c1ccc(OC)cc1OC. The fourth-order valence-corrected chi connectivity index (χ4v) is 4.40. The number of nitrogens with one attached hydrogen (secondary N) is 1. The molecule has 1 N–H and O–H groups in total. The summed E-state index contributed by atoms with van der Waals surface area (Å²) >= 11 is 1.19. The summed E-state index contributed by atoms with van der Waals surface area (Å²) in [6, 6.07) is 10.1. The second-order valence-electron chi connectivity index (χ2n) is 7.75. The molecule has 0 radical (unpaired) electrons. The van der Waals surface area contributed by atoms with Gasteiger partial charge in [-0.3, -0.25) is 9.59 Å². The first-order valence-electron chi connectivity index (χ1n) is 11.3. The fraction of sp³-hybridized carbons (Fsp3) is 0.320. The number of alkyl halides is 3. The Labute approximate surface area is 220 Å². The van der Waals surface area contributed by atoms with Crippen LogP contribution in [0.1, 0.15) is 16.8 Å². The molecule has 0 unspecified atom stereocenters. The number of rotatable bonds is 11. The highest BCUT2D eigenvalue weighted by Gasteiger charge is 2.31. The Morgan fingerprint density at radius 3 is 2.37 bits per heavy atom. The lowest BCUT2D eigenvalue weighted by Crippen LogP contribution is -2.29. The van der Waals surface area contributed by atoms with Crippen molar-refractivity contribution in [2.45, 2.75) is 19.3 Å². The van der Waals surface area contributed by atoms with E-state index in [1.807, 2.05) is 0 Å². The van der Waals surface area contributed by atoms with E-state index in [0.29, 0.717) is 47.1 Å². The average Bonchev–Trinajstić information content (AvgIpc) is 3.27. The van der Waals surface area contributed by atoms with Gasteiger partial charge in [0.2, 0.25) is 5.91 Å². The lowest BCUT2D eigenvalue weighted by atomic mass is 10.1. The number of carbonyl (C=O) groups excluding carboxylic acids is 2. The van der Waals surface area contributed by atoms with Crippen LogP contribution in [-0.2, 0) is 16.1 Å². The van der Waals surface area contributed by atoms with Gasteiger partial charge in [-0.05, 0) is 48.4 Å². The number of carbonyl (C=O) groups is 2. The van der Waals surface area contributed by atoms with Crippen molar-refractivity contribution in [3.63, 3.8) is 0 Å². The highest BCUT2D eigenvalue weighted by atomic mass is 32.1. The van der Waals surface area contributed by atoms with Crippen LogP contribution in [0.4, 0.5) is 13.2 Å². The Balaban J connectivity index is 1.94. The van der Waals surface area contributed by atoms with E-state index in [1.54, 1.807) is 28.1 Å². The van der Waals surface area contributed by atoms with E-state index >= 15 is 0 Å². The fourth-order valence-electron chi connectivity index (χ4n) is 3.46. The number of amides is 2. The topological polar surface area (TPSA) is 100 Å². The molecule has 3 aromatic rings. The summed E-state index contributed by atoms with van der Waals surface area (Å²) in [6.45, 7) is 0.628. The van der Waals surface area contributed by atoms with Crippen LogP contribution in [0.15, 0.2) is 52.8 Å². The van der Waals surface area contributed by atoms with Crippen molar-refractivity contribution in [2.75, 3.05) is 34.5 Å². The van der Waals surface area contributed by atoms with Crippen LogP contribution in [0, 0.1) is 0 Å². The van der Waals surface area contributed by atoms with E-state index in [0.717, 1.165) is 0 Å². The van der Waals surface area contributed by atoms with Gasteiger partial charge in [0, 0.05) is 31.6 Å². The van der Waals surface area contributed by atoms with Gasteiger partial charge in [0.15, 0.2) is 4.80 Å². The minimum absolute atomic E-state index is 0.0675. The van der Waals surface area contributed by atoms with Gasteiger partial charge >= 0.3 is 6.36 Å². The van der Waals surface area contributed by atoms with Crippen LogP contribution in [0.3, 0.4) is 0 Å². The molecule has 0 aliphatic heterocycles. The van der Waals surface area contributed by atoms with Crippen molar-refractivity contribution in [3.8, 4) is 28.5 Å². The highest BCUT2D eigenvalue weighted by Crippen LogP contribution is 2.28. The number of nitrogens with zero attached hydrogens (tertiary/aromatic N) is 2. The third-order valence-electron chi connectivity index (χ3n) is 5.17. The maximum Gasteiger partial charge on any atom is 0.573 e. The number of hydrogen-bond donors (Lipinski definition) is 1. The molecule has 3 rings (SSSR count). The molecule has 38 heavy (non-hydrogen) atoms. The Bertz CT molecular complexity index is 1320. The van der Waals surface area contributed by atoms with Crippen molar-refractivity contribution in [1.82, 2.24) is 9.88 Å². The maximum atomic E-state index is 13.1. The van der Waals surface area contributed by atoms with Gasteiger partial charge in [0.1, 0.15) is 23.9 Å². The molecule has 204 valence electrons. The second-order valence-corrected chi connectivity index (χ2v) is 8.58. The molecule has 1 heterocycles. The Morgan fingerprint density at radius 1 is 1.03 bits per heavy atom. The second kappa shape index (κ2) is 13.1. The number of hydrogen-bond acceptors (Lipinski definition) is 7. The molecule has 0 saturated heterocycles. The zero-order chi connectivity index (χ0) is 27.7. The van der Waals surface area contributed by atoms with Crippen molar-refractivity contribution in [3.05, 3.63) is 58.2 Å². The average molecular weight is 554 g/mol. The summed E-state index contributed by atoms with van der Waals surface area (Å²) in [5.41, 5.74) is 1.45. The summed E-state index contributed by atoms with van der Waals surface area (Å²) in [7, 11) is 4.34. The molecular weight excluding hydrogens is 527 g/mol. The molecule has 0 bridgehead atoms. The zero-order valence-electron chi connectivity index (χ0n) is 20.8. The molecule has 0 spiro atoms. The van der Waals surface area contributed by atoms with Crippen LogP contribution >= 0.6 is 11.3 Å². The molecule has 0 saturated carbocycles. The standard InChI is InChI=1S/C25H26F3N3O6S/c1-34-14-22(32)29-11-4-12-31-20(16-5-7-17(8-6-16)37-25(26,27)28)15-38-24(31)30-23(33)19-10-9-18(35-2)13-21(19)36-3/h5-10,13,15H,4,11-12,14H2,1-3H3,(H,29,32). The summed E-state index contributed by atoms with van der Waals surface area (Å²) in [4.78, 5) is 29.4. The number of thiazole rings is 1. The Morgan fingerprint density at radius 2 is 1.74 bits per heavy atom. The van der Waals surface area contributed by atoms with Crippen LogP contribution in [0.25, 0.3) is 11.3 Å². The molecule has 9 nitrogen and oxygen atoms in total.